The van der Waals surface area contributed by atoms with Crippen LogP contribution in [0.2, 0.25) is 5.02 Å². The molecule has 5 heteroatoms. The van der Waals surface area contributed by atoms with Gasteiger partial charge in [0.2, 0.25) is 10.0 Å². The SMILES string of the molecule is CCN(CC)S(=O)(=O)c1cc(C(C)C)c(Cl)cc1C(C)C. The van der Waals surface area contributed by atoms with Crippen LogP contribution in [0.25, 0.3) is 0 Å². The van der Waals surface area contributed by atoms with E-state index in [1.165, 1.54) is 4.31 Å². The highest BCUT2D eigenvalue weighted by atomic mass is 35.5. The fourth-order valence-electron chi connectivity index (χ4n) is 2.40. The first-order valence-electron chi connectivity index (χ1n) is 7.50. The van der Waals surface area contributed by atoms with E-state index in [0.717, 1.165) is 11.1 Å². The standard InChI is InChI=1S/C16H26ClNO2S/c1-7-18(8-2)21(19,20)16-10-13(11(3)4)15(17)9-14(16)12(5)6/h9-12H,7-8H2,1-6H3. The topological polar surface area (TPSA) is 37.4 Å². The number of halogens is 1. The zero-order valence-electron chi connectivity index (χ0n) is 13.8. The van der Waals surface area contributed by atoms with Gasteiger partial charge in [0, 0.05) is 18.1 Å². The van der Waals surface area contributed by atoms with E-state index in [9.17, 15) is 8.42 Å². The molecule has 0 unspecified atom stereocenters. The minimum atomic E-state index is -3.47. The molecule has 0 radical (unpaired) electrons. The average molecular weight is 332 g/mol. The van der Waals surface area contributed by atoms with Crippen LogP contribution in [0, 0.1) is 0 Å². The molecule has 0 saturated carbocycles. The van der Waals surface area contributed by atoms with E-state index < -0.39 is 10.0 Å². The number of sulfonamides is 1. The Labute approximate surface area is 134 Å². The maximum Gasteiger partial charge on any atom is 0.243 e. The Hall–Kier alpha value is -0.580. The van der Waals surface area contributed by atoms with Crippen molar-refractivity contribution in [3.63, 3.8) is 0 Å². The Bertz CT molecular complexity index is 591. The number of rotatable bonds is 6. The van der Waals surface area contributed by atoms with Crippen molar-refractivity contribution in [2.75, 3.05) is 13.1 Å². The van der Waals surface area contributed by atoms with Crippen LogP contribution in [-0.2, 0) is 10.0 Å². The van der Waals surface area contributed by atoms with Crippen LogP contribution in [0.3, 0.4) is 0 Å². The van der Waals surface area contributed by atoms with Gasteiger partial charge in [-0.25, -0.2) is 8.42 Å². The van der Waals surface area contributed by atoms with Crippen molar-refractivity contribution in [2.24, 2.45) is 0 Å². The van der Waals surface area contributed by atoms with Crippen LogP contribution >= 0.6 is 11.6 Å². The van der Waals surface area contributed by atoms with E-state index in [1.54, 1.807) is 6.07 Å². The highest BCUT2D eigenvalue weighted by molar-refractivity contribution is 7.89. The molecule has 0 atom stereocenters. The fraction of sp³-hybridized carbons (Fsp3) is 0.625. The van der Waals surface area contributed by atoms with Crippen LogP contribution in [0.15, 0.2) is 17.0 Å². The van der Waals surface area contributed by atoms with Gasteiger partial charge in [-0.1, -0.05) is 53.1 Å². The Kier molecular flexibility index (Phi) is 6.26. The molecule has 0 aliphatic carbocycles. The number of hydrogen-bond acceptors (Lipinski definition) is 2. The maximum absolute atomic E-state index is 12.9. The van der Waals surface area contributed by atoms with Crippen molar-refractivity contribution in [3.8, 4) is 0 Å². The molecule has 1 aromatic carbocycles. The van der Waals surface area contributed by atoms with Crippen LogP contribution in [0.5, 0.6) is 0 Å². The Balaban J connectivity index is 3.63. The molecule has 0 N–H and O–H groups in total. The summed E-state index contributed by atoms with van der Waals surface area (Å²) in [5.41, 5.74) is 1.67. The van der Waals surface area contributed by atoms with Crippen LogP contribution in [0.1, 0.15) is 64.5 Å². The quantitative estimate of drug-likeness (QED) is 0.762. The summed E-state index contributed by atoms with van der Waals surface area (Å²) in [6.45, 7) is 12.7. The monoisotopic (exact) mass is 331 g/mol. The van der Waals surface area contributed by atoms with Gasteiger partial charge in [-0.05, 0) is 35.1 Å². The average Bonchev–Trinajstić information content (AvgIpc) is 2.38. The lowest BCUT2D eigenvalue weighted by Gasteiger charge is -2.23. The summed E-state index contributed by atoms with van der Waals surface area (Å²) in [6.07, 6.45) is 0. The van der Waals surface area contributed by atoms with E-state index in [2.05, 4.69) is 0 Å². The molecule has 0 aliphatic rings. The predicted octanol–water partition coefficient (Wildman–Crippen LogP) is 4.62. The summed E-state index contributed by atoms with van der Waals surface area (Å²) < 4.78 is 27.3. The van der Waals surface area contributed by atoms with E-state index in [0.29, 0.717) is 23.0 Å². The van der Waals surface area contributed by atoms with E-state index in [-0.39, 0.29) is 11.8 Å². The maximum atomic E-state index is 12.9. The summed E-state index contributed by atoms with van der Waals surface area (Å²) >= 11 is 6.33. The Morgan fingerprint density at radius 1 is 1.00 bits per heavy atom. The normalized spacial score (nSPS) is 12.7. The first-order valence-corrected chi connectivity index (χ1v) is 9.32. The van der Waals surface area contributed by atoms with Crippen molar-refractivity contribution in [1.82, 2.24) is 4.31 Å². The summed E-state index contributed by atoms with van der Waals surface area (Å²) in [4.78, 5) is 0.398. The Morgan fingerprint density at radius 2 is 1.48 bits per heavy atom. The largest absolute Gasteiger partial charge is 0.243 e. The second-order valence-corrected chi connectivity index (χ2v) is 8.12. The van der Waals surface area contributed by atoms with Gasteiger partial charge in [-0.2, -0.15) is 4.31 Å². The first kappa shape index (κ1) is 18.5. The van der Waals surface area contributed by atoms with E-state index in [1.807, 2.05) is 47.6 Å². The summed E-state index contributed by atoms with van der Waals surface area (Å²) in [5, 5.41) is 0.646. The molecular weight excluding hydrogens is 306 g/mol. The number of nitrogens with zero attached hydrogens (tertiary/aromatic N) is 1. The number of benzene rings is 1. The third kappa shape index (κ3) is 3.79. The molecule has 0 fully saturated rings. The van der Waals surface area contributed by atoms with Crippen LogP contribution in [0.4, 0.5) is 0 Å². The predicted molar refractivity (Wildman–Crippen MR) is 89.7 cm³/mol. The molecule has 0 aliphatic heterocycles. The van der Waals surface area contributed by atoms with Crippen molar-refractivity contribution >= 4 is 21.6 Å². The third-order valence-corrected chi connectivity index (χ3v) is 6.13. The molecule has 0 amide bonds. The van der Waals surface area contributed by atoms with Gasteiger partial charge in [-0.15, -0.1) is 0 Å². The molecule has 0 bridgehead atoms. The lowest BCUT2D eigenvalue weighted by Crippen LogP contribution is -2.31. The molecule has 21 heavy (non-hydrogen) atoms. The molecule has 120 valence electrons. The highest BCUT2D eigenvalue weighted by Crippen LogP contribution is 2.34. The molecule has 3 nitrogen and oxygen atoms in total. The lowest BCUT2D eigenvalue weighted by molar-refractivity contribution is 0.444. The summed E-state index contributed by atoms with van der Waals surface area (Å²) in [6, 6.07) is 3.58. The van der Waals surface area contributed by atoms with Gasteiger partial charge in [0.15, 0.2) is 0 Å². The molecule has 1 rings (SSSR count). The van der Waals surface area contributed by atoms with Gasteiger partial charge >= 0.3 is 0 Å². The van der Waals surface area contributed by atoms with Gasteiger partial charge < -0.3 is 0 Å². The van der Waals surface area contributed by atoms with Crippen LogP contribution in [-0.4, -0.2) is 25.8 Å². The van der Waals surface area contributed by atoms with E-state index in [4.69, 9.17) is 11.6 Å². The van der Waals surface area contributed by atoms with Gasteiger partial charge in [0.05, 0.1) is 4.90 Å². The molecule has 0 saturated heterocycles. The smallest absolute Gasteiger partial charge is 0.207 e. The highest BCUT2D eigenvalue weighted by Gasteiger charge is 2.27. The molecular formula is C16H26ClNO2S. The zero-order valence-corrected chi connectivity index (χ0v) is 15.3. The summed E-state index contributed by atoms with van der Waals surface area (Å²) in [7, 11) is -3.47. The second-order valence-electron chi connectivity index (χ2n) is 5.81. The lowest BCUT2D eigenvalue weighted by atomic mass is 9.97. The fourth-order valence-corrected chi connectivity index (χ4v) is 4.62. The second kappa shape index (κ2) is 7.12. The van der Waals surface area contributed by atoms with Gasteiger partial charge in [-0.3, -0.25) is 0 Å². The van der Waals surface area contributed by atoms with Crippen molar-refractivity contribution < 1.29 is 8.42 Å². The number of hydrogen-bond donors (Lipinski definition) is 0. The molecule has 1 aromatic rings. The third-order valence-electron chi connectivity index (χ3n) is 3.70. The first-order chi connectivity index (χ1) is 9.66. The minimum absolute atomic E-state index is 0.101. The molecule has 0 spiro atoms. The van der Waals surface area contributed by atoms with Crippen LogP contribution < -0.4 is 0 Å². The van der Waals surface area contributed by atoms with Crippen molar-refractivity contribution in [1.29, 1.82) is 0 Å². The van der Waals surface area contributed by atoms with Crippen molar-refractivity contribution in [2.45, 2.75) is 58.3 Å². The van der Waals surface area contributed by atoms with Gasteiger partial charge in [0.25, 0.3) is 0 Å². The summed E-state index contributed by atoms with van der Waals surface area (Å²) in [5.74, 6) is 0.286. The zero-order chi connectivity index (χ0) is 16.4. The minimum Gasteiger partial charge on any atom is -0.207 e. The van der Waals surface area contributed by atoms with Crippen molar-refractivity contribution in [3.05, 3.63) is 28.3 Å². The Morgan fingerprint density at radius 3 is 1.86 bits per heavy atom. The molecule has 0 heterocycles. The molecule has 0 aromatic heterocycles. The van der Waals surface area contributed by atoms with Gasteiger partial charge in [0.1, 0.15) is 0 Å². The van der Waals surface area contributed by atoms with E-state index >= 15 is 0 Å².